The number of benzene rings is 1. The highest BCUT2D eigenvalue weighted by molar-refractivity contribution is 5.60. The Morgan fingerprint density at radius 3 is 2.58 bits per heavy atom. The summed E-state index contributed by atoms with van der Waals surface area (Å²) in [7, 11) is 0. The average Bonchev–Trinajstić information content (AvgIpc) is 3.11. The lowest BCUT2D eigenvalue weighted by Gasteiger charge is -2.06. The molecule has 2 aromatic heterocycles. The van der Waals surface area contributed by atoms with Gasteiger partial charge in [-0.2, -0.15) is 15.0 Å². The summed E-state index contributed by atoms with van der Waals surface area (Å²) >= 11 is 0. The molecule has 0 aliphatic heterocycles. The molecule has 0 bridgehead atoms. The Bertz CT molecular complexity index is 786. The van der Waals surface area contributed by atoms with Crippen molar-refractivity contribution < 1.29 is 4.74 Å². The Labute approximate surface area is 154 Å². The Balaban J connectivity index is 1.52. The van der Waals surface area contributed by atoms with Crippen molar-refractivity contribution in [2.75, 3.05) is 13.2 Å². The third-order valence-electron chi connectivity index (χ3n) is 3.89. The lowest BCUT2D eigenvalue weighted by atomic mass is 10.1. The third-order valence-corrected chi connectivity index (χ3v) is 3.89. The van der Waals surface area contributed by atoms with Crippen LogP contribution in [0, 0.1) is 0 Å². The molecule has 136 valence electrons. The monoisotopic (exact) mass is 351 g/mol. The molecule has 2 heterocycles. The molecular weight excluding hydrogens is 326 g/mol. The summed E-state index contributed by atoms with van der Waals surface area (Å²) in [5.74, 6) is 0.666. The van der Waals surface area contributed by atoms with Gasteiger partial charge in [-0.1, -0.05) is 36.4 Å². The standard InChI is InChI=1S/C20H25N5O/c1-16(2)25-23-18(20(24-25)17-9-4-3-5-10-17)15-21-12-8-14-26-19-11-6-7-13-22-19/h3-7,9-11,13,16,21H,8,12,14-15H2,1-2H3. The van der Waals surface area contributed by atoms with Crippen molar-refractivity contribution in [3.8, 4) is 17.1 Å². The van der Waals surface area contributed by atoms with E-state index in [1.807, 2.05) is 36.4 Å². The van der Waals surface area contributed by atoms with Crippen LogP contribution in [0.2, 0.25) is 0 Å². The van der Waals surface area contributed by atoms with E-state index in [0.29, 0.717) is 19.0 Å². The molecule has 6 heteroatoms. The minimum Gasteiger partial charge on any atom is -0.478 e. The molecule has 0 spiro atoms. The van der Waals surface area contributed by atoms with Gasteiger partial charge in [0.2, 0.25) is 5.88 Å². The van der Waals surface area contributed by atoms with Gasteiger partial charge in [0.25, 0.3) is 0 Å². The maximum atomic E-state index is 5.60. The van der Waals surface area contributed by atoms with Gasteiger partial charge in [0.05, 0.1) is 12.6 Å². The number of ether oxygens (including phenoxy) is 1. The zero-order chi connectivity index (χ0) is 18.2. The molecule has 1 aromatic carbocycles. The highest BCUT2D eigenvalue weighted by atomic mass is 16.5. The molecule has 1 N–H and O–H groups in total. The molecule has 0 aliphatic carbocycles. The Morgan fingerprint density at radius 1 is 1.04 bits per heavy atom. The predicted octanol–water partition coefficient (Wildman–Crippen LogP) is 3.48. The highest BCUT2D eigenvalue weighted by Crippen LogP contribution is 2.21. The summed E-state index contributed by atoms with van der Waals surface area (Å²) in [5, 5.41) is 12.8. The van der Waals surface area contributed by atoms with Gasteiger partial charge in [0.1, 0.15) is 11.4 Å². The summed E-state index contributed by atoms with van der Waals surface area (Å²) in [4.78, 5) is 5.93. The SMILES string of the molecule is CC(C)n1nc(CNCCCOc2ccccn2)c(-c2ccccc2)n1. The van der Waals surface area contributed by atoms with E-state index in [0.717, 1.165) is 29.9 Å². The second kappa shape index (κ2) is 9.10. The molecule has 26 heavy (non-hydrogen) atoms. The van der Waals surface area contributed by atoms with Crippen molar-refractivity contribution in [1.82, 2.24) is 25.3 Å². The summed E-state index contributed by atoms with van der Waals surface area (Å²) in [6, 6.07) is 16.1. The predicted molar refractivity (Wildman–Crippen MR) is 102 cm³/mol. The number of rotatable bonds is 9. The highest BCUT2D eigenvalue weighted by Gasteiger charge is 2.14. The van der Waals surface area contributed by atoms with E-state index in [-0.39, 0.29) is 6.04 Å². The van der Waals surface area contributed by atoms with Crippen molar-refractivity contribution in [1.29, 1.82) is 0 Å². The number of pyridine rings is 1. The van der Waals surface area contributed by atoms with Gasteiger partial charge in [0, 0.05) is 24.4 Å². The largest absolute Gasteiger partial charge is 0.478 e. The van der Waals surface area contributed by atoms with Crippen LogP contribution >= 0.6 is 0 Å². The molecular formula is C20H25N5O. The Hall–Kier alpha value is -2.73. The van der Waals surface area contributed by atoms with Gasteiger partial charge in [-0.25, -0.2) is 4.98 Å². The second-order valence-electron chi connectivity index (χ2n) is 6.32. The van der Waals surface area contributed by atoms with Gasteiger partial charge >= 0.3 is 0 Å². The van der Waals surface area contributed by atoms with Gasteiger partial charge in [-0.15, -0.1) is 0 Å². The van der Waals surface area contributed by atoms with Crippen LogP contribution in [0.4, 0.5) is 0 Å². The fraction of sp³-hybridized carbons (Fsp3) is 0.350. The van der Waals surface area contributed by atoms with E-state index >= 15 is 0 Å². The van der Waals surface area contributed by atoms with Crippen LogP contribution in [-0.4, -0.2) is 33.1 Å². The van der Waals surface area contributed by atoms with Crippen LogP contribution in [0.25, 0.3) is 11.3 Å². The molecule has 0 amide bonds. The molecule has 6 nitrogen and oxygen atoms in total. The van der Waals surface area contributed by atoms with Crippen molar-refractivity contribution in [2.45, 2.75) is 32.9 Å². The maximum Gasteiger partial charge on any atom is 0.213 e. The first-order chi connectivity index (χ1) is 12.7. The summed E-state index contributed by atoms with van der Waals surface area (Å²) in [6.07, 6.45) is 2.63. The first-order valence-corrected chi connectivity index (χ1v) is 8.99. The van der Waals surface area contributed by atoms with E-state index in [9.17, 15) is 0 Å². The van der Waals surface area contributed by atoms with E-state index in [1.54, 1.807) is 11.0 Å². The fourth-order valence-corrected chi connectivity index (χ4v) is 2.54. The van der Waals surface area contributed by atoms with Crippen LogP contribution in [0.3, 0.4) is 0 Å². The molecule has 0 fully saturated rings. The molecule has 0 atom stereocenters. The quantitative estimate of drug-likeness (QED) is 0.598. The van der Waals surface area contributed by atoms with Gasteiger partial charge in [-0.05, 0) is 32.9 Å². The summed E-state index contributed by atoms with van der Waals surface area (Å²) in [5.41, 5.74) is 3.00. The molecule has 0 aliphatic rings. The van der Waals surface area contributed by atoms with Crippen molar-refractivity contribution in [3.05, 3.63) is 60.4 Å². The number of hydrogen-bond donors (Lipinski definition) is 1. The van der Waals surface area contributed by atoms with E-state index in [4.69, 9.17) is 4.74 Å². The van der Waals surface area contributed by atoms with Crippen molar-refractivity contribution in [3.63, 3.8) is 0 Å². The normalized spacial score (nSPS) is 11.0. The first-order valence-electron chi connectivity index (χ1n) is 8.99. The smallest absolute Gasteiger partial charge is 0.213 e. The topological polar surface area (TPSA) is 64.9 Å². The van der Waals surface area contributed by atoms with Crippen LogP contribution in [-0.2, 0) is 6.54 Å². The molecule has 0 saturated heterocycles. The second-order valence-corrected chi connectivity index (χ2v) is 6.32. The lowest BCUT2D eigenvalue weighted by molar-refractivity contribution is 0.296. The van der Waals surface area contributed by atoms with Crippen LogP contribution in [0.15, 0.2) is 54.7 Å². The number of hydrogen-bond acceptors (Lipinski definition) is 5. The number of nitrogens with one attached hydrogen (secondary N) is 1. The zero-order valence-corrected chi connectivity index (χ0v) is 15.3. The number of aromatic nitrogens is 4. The average molecular weight is 351 g/mol. The molecule has 0 unspecified atom stereocenters. The van der Waals surface area contributed by atoms with Crippen LogP contribution in [0.5, 0.6) is 5.88 Å². The lowest BCUT2D eigenvalue weighted by Crippen LogP contribution is -2.18. The minimum atomic E-state index is 0.234. The van der Waals surface area contributed by atoms with Gasteiger partial charge in [-0.3, -0.25) is 0 Å². The first kappa shape index (κ1) is 18.1. The van der Waals surface area contributed by atoms with Crippen LogP contribution in [0.1, 0.15) is 32.0 Å². The summed E-state index contributed by atoms with van der Waals surface area (Å²) in [6.45, 7) is 6.33. The van der Waals surface area contributed by atoms with Gasteiger partial charge < -0.3 is 10.1 Å². The number of nitrogens with zero attached hydrogens (tertiary/aromatic N) is 4. The van der Waals surface area contributed by atoms with Crippen LogP contribution < -0.4 is 10.1 Å². The third kappa shape index (κ3) is 4.89. The molecule has 0 saturated carbocycles. The van der Waals surface area contributed by atoms with E-state index in [1.165, 1.54) is 0 Å². The molecule has 3 rings (SSSR count). The molecule has 0 radical (unpaired) electrons. The maximum absolute atomic E-state index is 5.60. The Kier molecular flexibility index (Phi) is 6.33. The van der Waals surface area contributed by atoms with Crippen molar-refractivity contribution in [2.24, 2.45) is 0 Å². The van der Waals surface area contributed by atoms with E-state index in [2.05, 4.69) is 46.5 Å². The Morgan fingerprint density at radius 2 is 1.85 bits per heavy atom. The zero-order valence-electron chi connectivity index (χ0n) is 15.3. The van der Waals surface area contributed by atoms with Crippen molar-refractivity contribution >= 4 is 0 Å². The van der Waals surface area contributed by atoms with E-state index < -0.39 is 0 Å². The minimum absolute atomic E-state index is 0.234. The fourth-order valence-electron chi connectivity index (χ4n) is 2.54. The molecule has 3 aromatic rings. The summed E-state index contributed by atoms with van der Waals surface area (Å²) < 4.78 is 5.60. The van der Waals surface area contributed by atoms with Gasteiger partial charge in [0.15, 0.2) is 0 Å².